The molecule has 0 aromatic heterocycles. The molecule has 0 aliphatic heterocycles. The topological polar surface area (TPSA) is 26.0 Å². The summed E-state index contributed by atoms with van der Waals surface area (Å²) in [5.74, 6) is 3.78. The quantitative estimate of drug-likeness (QED) is 0.637. The van der Waals surface area contributed by atoms with Crippen molar-refractivity contribution in [3.05, 3.63) is 0 Å². The predicted molar refractivity (Wildman–Crippen MR) is 51.8 cm³/mol. The van der Waals surface area contributed by atoms with Crippen molar-refractivity contribution < 1.29 is 0 Å². The summed E-state index contributed by atoms with van der Waals surface area (Å²) in [6, 6.07) is 0.565. The maximum absolute atomic E-state index is 5.88. The van der Waals surface area contributed by atoms with E-state index in [2.05, 4.69) is 13.8 Å². The van der Waals surface area contributed by atoms with Crippen LogP contribution in [-0.4, -0.2) is 6.04 Å². The Morgan fingerprint density at radius 2 is 1.67 bits per heavy atom. The summed E-state index contributed by atoms with van der Waals surface area (Å²) >= 11 is 0. The summed E-state index contributed by atoms with van der Waals surface area (Å²) in [4.78, 5) is 0. The van der Waals surface area contributed by atoms with E-state index in [4.69, 9.17) is 5.73 Å². The molecular weight excluding hydrogens is 146 g/mol. The fourth-order valence-electron chi connectivity index (χ4n) is 2.76. The maximum Gasteiger partial charge on any atom is 0.00737 e. The Labute approximate surface area is 75.7 Å². The summed E-state index contributed by atoms with van der Waals surface area (Å²) in [6.45, 7) is 4.80. The van der Waals surface area contributed by atoms with E-state index in [0.29, 0.717) is 6.04 Å². The van der Waals surface area contributed by atoms with Crippen LogP contribution in [0.25, 0.3) is 0 Å². The third kappa shape index (κ3) is 1.52. The first-order chi connectivity index (χ1) is 5.68. The van der Waals surface area contributed by atoms with Gasteiger partial charge in [0, 0.05) is 6.04 Å². The number of hydrogen-bond acceptors (Lipinski definition) is 1. The highest BCUT2D eigenvalue weighted by molar-refractivity contribution is 4.96. The van der Waals surface area contributed by atoms with Crippen LogP contribution in [0, 0.1) is 23.7 Å². The number of hydrogen-bond donors (Lipinski definition) is 1. The lowest BCUT2D eigenvalue weighted by Gasteiger charge is -2.32. The first kappa shape index (κ1) is 8.55. The van der Waals surface area contributed by atoms with Crippen LogP contribution >= 0.6 is 0 Å². The van der Waals surface area contributed by atoms with Gasteiger partial charge in [0.05, 0.1) is 0 Å². The highest BCUT2D eigenvalue weighted by atomic mass is 14.8. The summed E-state index contributed by atoms with van der Waals surface area (Å²) < 4.78 is 0. The van der Waals surface area contributed by atoms with Crippen molar-refractivity contribution >= 4 is 0 Å². The van der Waals surface area contributed by atoms with E-state index in [0.717, 1.165) is 23.7 Å². The zero-order valence-corrected chi connectivity index (χ0v) is 8.29. The molecule has 12 heavy (non-hydrogen) atoms. The number of nitrogens with two attached hydrogens (primary N) is 1. The van der Waals surface area contributed by atoms with Gasteiger partial charge in [-0.1, -0.05) is 20.3 Å². The van der Waals surface area contributed by atoms with Gasteiger partial charge in [0.1, 0.15) is 0 Å². The molecule has 0 radical (unpaired) electrons. The molecule has 0 bridgehead atoms. The van der Waals surface area contributed by atoms with Gasteiger partial charge in [0.25, 0.3) is 0 Å². The van der Waals surface area contributed by atoms with Crippen LogP contribution in [0.3, 0.4) is 0 Å². The highest BCUT2D eigenvalue weighted by Gasteiger charge is 2.42. The average Bonchev–Trinajstić information content (AvgIpc) is 2.73. The second-order valence-corrected chi connectivity index (χ2v) is 5.09. The van der Waals surface area contributed by atoms with Crippen molar-refractivity contribution in [3.63, 3.8) is 0 Å². The van der Waals surface area contributed by atoms with Gasteiger partial charge < -0.3 is 5.73 Å². The SMILES string of the molecule is CC1CCC(C2CC2N)CC1C. The minimum atomic E-state index is 0.565. The monoisotopic (exact) mass is 167 g/mol. The van der Waals surface area contributed by atoms with Crippen molar-refractivity contribution in [1.82, 2.24) is 0 Å². The zero-order chi connectivity index (χ0) is 8.72. The van der Waals surface area contributed by atoms with Crippen LogP contribution in [0.2, 0.25) is 0 Å². The minimum Gasteiger partial charge on any atom is -0.327 e. The smallest absolute Gasteiger partial charge is 0.00737 e. The van der Waals surface area contributed by atoms with Gasteiger partial charge in [-0.05, 0) is 42.9 Å². The second-order valence-electron chi connectivity index (χ2n) is 5.09. The fraction of sp³-hybridized carbons (Fsp3) is 1.00. The van der Waals surface area contributed by atoms with Crippen LogP contribution in [0.15, 0.2) is 0 Å². The lowest BCUT2D eigenvalue weighted by atomic mass is 9.74. The van der Waals surface area contributed by atoms with Crippen LogP contribution in [-0.2, 0) is 0 Å². The fourth-order valence-corrected chi connectivity index (χ4v) is 2.76. The molecule has 0 heterocycles. The van der Waals surface area contributed by atoms with Crippen LogP contribution in [0.4, 0.5) is 0 Å². The molecule has 2 aliphatic rings. The third-order valence-electron chi connectivity index (χ3n) is 4.14. The average molecular weight is 167 g/mol. The van der Waals surface area contributed by atoms with Gasteiger partial charge in [0.2, 0.25) is 0 Å². The molecule has 0 aromatic carbocycles. The van der Waals surface area contributed by atoms with Crippen molar-refractivity contribution in [3.8, 4) is 0 Å². The van der Waals surface area contributed by atoms with Crippen molar-refractivity contribution in [2.75, 3.05) is 0 Å². The molecule has 2 aliphatic carbocycles. The van der Waals surface area contributed by atoms with Gasteiger partial charge in [-0.15, -0.1) is 0 Å². The van der Waals surface area contributed by atoms with Crippen molar-refractivity contribution in [2.45, 2.75) is 45.6 Å². The number of rotatable bonds is 1. The van der Waals surface area contributed by atoms with E-state index in [1.54, 1.807) is 0 Å². The lowest BCUT2D eigenvalue weighted by molar-refractivity contribution is 0.189. The van der Waals surface area contributed by atoms with E-state index >= 15 is 0 Å². The predicted octanol–water partition coefficient (Wildman–Crippen LogP) is 2.41. The van der Waals surface area contributed by atoms with E-state index < -0.39 is 0 Å². The third-order valence-corrected chi connectivity index (χ3v) is 4.14. The van der Waals surface area contributed by atoms with Gasteiger partial charge in [0.15, 0.2) is 0 Å². The first-order valence-electron chi connectivity index (χ1n) is 5.44. The molecule has 5 atom stereocenters. The molecule has 1 heteroatoms. The molecule has 0 amide bonds. The molecule has 70 valence electrons. The summed E-state index contributed by atoms with van der Waals surface area (Å²) in [5.41, 5.74) is 5.88. The van der Waals surface area contributed by atoms with Crippen LogP contribution < -0.4 is 5.73 Å². The molecule has 2 rings (SSSR count). The van der Waals surface area contributed by atoms with Crippen LogP contribution in [0.1, 0.15) is 39.5 Å². The molecule has 2 N–H and O–H groups in total. The second kappa shape index (κ2) is 3.02. The first-order valence-corrected chi connectivity index (χ1v) is 5.44. The van der Waals surface area contributed by atoms with E-state index in [9.17, 15) is 0 Å². The molecular formula is C11H21N. The zero-order valence-electron chi connectivity index (χ0n) is 8.29. The van der Waals surface area contributed by atoms with Gasteiger partial charge in [-0.25, -0.2) is 0 Å². The molecule has 2 saturated carbocycles. The van der Waals surface area contributed by atoms with Crippen molar-refractivity contribution in [2.24, 2.45) is 29.4 Å². The molecule has 0 aromatic rings. The highest BCUT2D eigenvalue weighted by Crippen LogP contribution is 2.45. The Kier molecular flexibility index (Phi) is 2.16. The Balaban J connectivity index is 1.86. The molecule has 5 unspecified atom stereocenters. The van der Waals surface area contributed by atoms with Gasteiger partial charge in [-0.2, -0.15) is 0 Å². The van der Waals surface area contributed by atoms with Crippen LogP contribution in [0.5, 0.6) is 0 Å². The Morgan fingerprint density at radius 1 is 1.00 bits per heavy atom. The standard InChI is InChI=1S/C11H21N/c1-7-3-4-9(5-8(7)2)10-6-11(10)12/h7-11H,3-6,12H2,1-2H3. The Bertz CT molecular complexity index is 166. The van der Waals surface area contributed by atoms with E-state index in [1.807, 2.05) is 0 Å². The Hall–Kier alpha value is -0.0400. The van der Waals surface area contributed by atoms with E-state index in [1.165, 1.54) is 25.7 Å². The van der Waals surface area contributed by atoms with E-state index in [-0.39, 0.29) is 0 Å². The van der Waals surface area contributed by atoms with Gasteiger partial charge in [-0.3, -0.25) is 0 Å². The summed E-state index contributed by atoms with van der Waals surface area (Å²) in [6.07, 6.45) is 5.64. The molecule has 0 saturated heterocycles. The largest absolute Gasteiger partial charge is 0.327 e. The summed E-state index contributed by atoms with van der Waals surface area (Å²) in [7, 11) is 0. The lowest BCUT2D eigenvalue weighted by Crippen LogP contribution is -2.23. The summed E-state index contributed by atoms with van der Waals surface area (Å²) in [5, 5.41) is 0. The molecule has 1 nitrogen and oxygen atoms in total. The molecule has 0 spiro atoms. The van der Waals surface area contributed by atoms with Crippen molar-refractivity contribution in [1.29, 1.82) is 0 Å². The minimum absolute atomic E-state index is 0.565. The van der Waals surface area contributed by atoms with Gasteiger partial charge >= 0.3 is 0 Å². The molecule has 2 fully saturated rings. The maximum atomic E-state index is 5.88. The Morgan fingerprint density at radius 3 is 2.17 bits per heavy atom. The normalized spacial score (nSPS) is 53.8.